The highest BCUT2D eigenvalue weighted by atomic mass is 16.6. The van der Waals surface area contributed by atoms with Crippen molar-refractivity contribution in [1.29, 1.82) is 0 Å². The van der Waals surface area contributed by atoms with Gasteiger partial charge in [0.15, 0.2) is 12.2 Å². The van der Waals surface area contributed by atoms with Crippen molar-refractivity contribution < 1.29 is 57.2 Å². The minimum atomic E-state index is -0.759. The van der Waals surface area contributed by atoms with E-state index in [2.05, 4.69) is 41.5 Å². The Morgan fingerprint density at radius 3 is 0.339 bits per heavy atom. The molecule has 12 nitrogen and oxygen atoms in total. The Morgan fingerprint density at radius 1 is 0.136 bits per heavy atom. The Labute approximate surface area is 734 Å². The van der Waals surface area contributed by atoms with Crippen molar-refractivity contribution in [3.63, 3.8) is 0 Å². The van der Waals surface area contributed by atoms with Crippen molar-refractivity contribution in [1.82, 2.24) is 0 Å². The summed E-state index contributed by atoms with van der Waals surface area (Å²) in [6.45, 7) is 13.4. The molecule has 0 rings (SSSR count). The van der Waals surface area contributed by atoms with Gasteiger partial charge in [0.2, 0.25) is 0 Å². The maximum atomic E-state index is 12.8. The summed E-state index contributed by atoms with van der Waals surface area (Å²) in [5, 5.41) is 0. The summed E-state index contributed by atoms with van der Waals surface area (Å²) in [7, 11) is 0. The molecule has 0 saturated carbocycles. The lowest BCUT2D eigenvalue weighted by Crippen LogP contribution is -2.30. The molecule has 0 heterocycles. The number of carbonyl (C=O) groups is 6. The van der Waals surface area contributed by atoms with Crippen LogP contribution in [0.5, 0.6) is 0 Å². The van der Waals surface area contributed by atoms with Crippen LogP contribution in [0, 0.1) is 0 Å². The molecule has 0 aromatic heterocycles. The Kier molecular flexibility index (Phi) is 102. The molecule has 0 bridgehead atoms. The SMILES string of the molecule is CCCCCCCCCCCCCCCCCC(=O)OC[C@@H](COC(=O)CCCCCCCCCCCCCCC)OC(=O)CCCCCCCCCCCCCCC.CCCCCCCCCCCCCCCCCC(=O)OC[C@H](COC(=O)CCCCCCCCCCCCCCC)OC(=O)CCCCCCCCCCCCCCC. The van der Waals surface area contributed by atoms with E-state index < -0.39 is 12.2 Å². The summed E-state index contributed by atoms with van der Waals surface area (Å²) in [5.41, 5.74) is 0. The van der Waals surface area contributed by atoms with Crippen molar-refractivity contribution in [3.05, 3.63) is 0 Å². The third kappa shape index (κ3) is 99.9. The van der Waals surface area contributed by atoms with Gasteiger partial charge in [-0.3, -0.25) is 28.8 Å². The number of hydrogen-bond donors (Lipinski definition) is 0. The molecule has 0 unspecified atom stereocenters. The normalized spacial score (nSPS) is 11.8. The first-order valence-electron chi connectivity index (χ1n) is 53.1. The Balaban J connectivity index is 0. The molecule has 0 amide bonds. The molecule has 0 N–H and O–H groups in total. The molecule has 2 atom stereocenters. The van der Waals surface area contributed by atoms with E-state index >= 15 is 0 Å². The van der Waals surface area contributed by atoms with Crippen LogP contribution in [0.2, 0.25) is 0 Å². The standard InChI is InChI=1S/2C53H102O6/c2*1-4-7-10-13-16-19-22-25-26-29-31-34-37-40-43-46-52(55)58-49-50(59-53(56)47-44-41-38-35-32-28-24-21-18-15-12-9-6-3)48-57-51(54)45-42-39-36-33-30-27-23-20-17-14-11-8-5-2/h2*50H,4-49H2,1-3H3/t2*50-/m10/s1. The zero-order valence-corrected chi connectivity index (χ0v) is 80.1. The molecule has 0 radical (unpaired) electrons. The number of ether oxygens (including phenoxy) is 6. The highest BCUT2D eigenvalue weighted by Gasteiger charge is 2.22. The van der Waals surface area contributed by atoms with Crippen LogP contribution in [0.3, 0.4) is 0 Å². The van der Waals surface area contributed by atoms with Crippen LogP contribution in [0.15, 0.2) is 0 Å². The quantitative estimate of drug-likeness (QED) is 0.0323. The number of carbonyl (C=O) groups excluding carboxylic acids is 6. The van der Waals surface area contributed by atoms with Gasteiger partial charge in [-0.25, -0.2) is 0 Å². The minimum Gasteiger partial charge on any atom is -0.462 e. The molecule has 0 aliphatic rings. The maximum Gasteiger partial charge on any atom is 0.306 e. The number of rotatable bonds is 98. The van der Waals surface area contributed by atoms with Gasteiger partial charge >= 0.3 is 35.8 Å². The molecule has 700 valence electrons. The van der Waals surface area contributed by atoms with E-state index in [1.165, 1.54) is 411 Å². The van der Waals surface area contributed by atoms with Crippen LogP contribution >= 0.6 is 0 Å². The Hall–Kier alpha value is -3.18. The lowest BCUT2D eigenvalue weighted by Gasteiger charge is -2.18. The molecular formula is C106H204O12. The highest BCUT2D eigenvalue weighted by molar-refractivity contribution is 5.72. The second kappa shape index (κ2) is 103. The zero-order chi connectivity index (χ0) is 85.9. The van der Waals surface area contributed by atoms with Crippen LogP contribution < -0.4 is 0 Å². The van der Waals surface area contributed by atoms with Gasteiger partial charge in [0.1, 0.15) is 26.4 Å². The molecule has 0 spiro atoms. The maximum absolute atomic E-state index is 12.8. The van der Waals surface area contributed by atoms with Gasteiger partial charge in [0, 0.05) is 38.5 Å². The number of unbranched alkanes of at least 4 members (excludes halogenated alkanes) is 76. The van der Waals surface area contributed by atoms with E-state index in [4.69, 9.17) is 28.4 Å². The predicted octanol–water partition coefficient (Wildman–Crippen LogP) is 34.4. The van der Waals surface area contributed by atoms with E-state index in [0.717, 1.165) is 116 Å². The fraction of sp³-hybridized carbons (Fsp3) is 0.943. The largest absolute Gasteiger partial charge is 0.462 e. The molecule has 0 fully saturated rings. The van der Waals surface area contributed by atoms with Crippen molar-refractivity contribution in [2.45, 2.75) is 619 Å². The smallest absolute Gasteiger partial charge is 0.306 e. The summed E-state index contributed by atoms with van der Waals surface area (Å²) in [4.78, 5) is 75.9. The summed E-state index contributed by atoms with van der Waals surface area (Å²) >= 11 is 0. The Bertz CT molecular complexity index is 1890. The summed E-state index contributed by atoms with van der Waals surface area (Å²) in [5.74, 6) is -1.68. The van der Waals surface area contributed by atoms with Crippen LogP contribution in [-0.4, -0.2) is 74.5 Å². The average Bonchev–Trinajstić information content (AvgIpc) is 0.946. The predicted molar refractivity (Wildman–Crippen MR) is 504 cm³/mol. The summed E-state index contributed by atoms with van der Waals surface area (Å²) < 4.78 is 33.6. The molecule has 118 heavy (non-hydrogen) atoms. The topological polar surface area (TPSA) is 158 Å². The van der Waals surface area contributed by atoms with Crippen LogP contribution in [0.25, 0.3) is 0 Å². The molecule has 0 aromatic carbocycles. The van der Waals surface area contributed by atoms with Crippen LogP contribution in [0.4, 0.5) is 0 Å². The van der Waals surface area contributed by atoms with E-state index in [1.807, 2.05) is 0 Å². The molecule has 0 aromatic rings. The number of hydrogen-bond acceptors (Lipinski definition) is 12. The first-order valence-corrected chi connectivity index (χ1v) is 53.1. The zero-order valence-electron chi connectivity index (χ0n) is 80.1. The second-order valence-corrected chi connectivity index (χ2v) is 36.3. The lowest BCUT2D eigenvalue weighted by atomic mass is 10.0. The summed E-state index contributed by atoms with van der Waals surface area (Å²) in [6, 6.07) is 0. The van der Waals surface area contributed by atoms with Crippen LogP contribution in [-0.2, 0) is 57.2 Å². The van der Waals surface area contributed by atoms with E-state index in [-0.39, 0.29) is 62.2 Å². The van der Waals surface area contributed by atoms with Gasteiger partial charge in [-0.1, -0.05) is 530 Å². The van der Waals surface area contributed by atoms with Gasteiger partial charge in [-0.2, -0.15) is 0 Å². The Morgan fingerprint density at radius 2 is 0.229 bits per heavy atom. The third-order valence-corrected chi connectivity index (χ3v) is 24.2. The van der Waals surface area contributed by atoms with E-state index in [0.29, 0.717) is 38.5 Å². The molecule has 0 aliphatic heterocycles. The fourth-order valence-corrected chi connectivity index (χ4v) is 16.2. The second-order valence-electron chi connectivity index (χ2n) is 36.3. The number of esters is 6. The van der Waals surface area contributed by atoms with Crippen molar-refractivity contribution in [2.75, 3.05) is 26.4 Å². The summed E-state index contributed by atoms with van der Waals surface area (Å²) in [6.07, 6.45) is 104. The van der Waals surface area contributed by atoms with E-state index in [1.54, 1.807) is 0 Å². The van der Waals surface area contributed by atoms with Crippen molar-refractivity contribution in [3.8, 4) is 0 Å². The van der Waals surface area contributed by atoms with E-state index in [9.17, 15) is 28.8 Å². The van der Waals surface area contributed by atoms with Crippen molar-refractivity contribution >= 4 is 35.8 Å². The average molecular weight is 1670 g/mol. The molecular weight excluding hydrogens is 1470 g/mol. The third-order valence-electron chi connectivity index (χ3n) is 24.2. The highest BCUT2D eigenvalue weighted by Crippen LogP contribution is 2.22. The van der Waals surface area contributed by atoms with Crippen LogP contribution in [0.1, 0.15) is 607 Å². The fourth-order valence-electron chi connectivity index (χ4n) is 16.2. The molecule has 0 saturated heterocycles. The molecule has 0 aliphatic carbocycles. The van der Waals surface area contributed by atoms with Gasteiger partial charge in [-0.05, 0) is 38.5 Å². The van der Waals surface area contributed by atoms with Gasteiger partial charge in [-0.15, -0.1) is 0 Å². The monoisotopic (exact) mass is 1670 g/mol. The first kappa shape index (κ1) is 117. The minimum absolute atomic E-state index is 0.0616. The van der Waals surface area contributed by atoms with Gasteiger partial charge in [0.05, 0.1) is 0 Å². The lowest BCUT2D eigenvalue weighted by molar-refractivity contribution is -0.167. The molecule has 12 heteroatoms. The first-order chi connectivity index (χ1) is 58.1. The van der Waals surface area contributed by atoms with Gasteiger partial charge in [0.25, 0.3) is 0 Å². The van der Waals surface area contributed by atoms with Crippen molar-refractivity contribution in [2.24, 2.45) is 0 Å². The van der Waals surface area contributed by atoms with Gasteiger partial charge < -0.3 is 28.4 Å².